The smallest absolute Gasteiger partial charge is 0.367 e. The Balaban J connectivity index is 2.15. The van der Waals surface area contributed by atoms with Crippen molar-refractivity contribution in [3.8, 4) is 0 Å². The Morgan fingerprint density at radius 1 is 1.29 bits per heavy atom. The van der Waals surface area contributed by atoms with Gasteiger partial charge in [0.2, 0.25) is 5.82 Å². The van der Waals surface area contributed by atoms with Gasteiger partial charge in [-0.05, 0) is 25.2 Å². The summed E-state index contributed by atoms with van der Waals surface area (Å²) in [4.78, 5) is 6.80. The maximum Gasteiger partial charge on any atom is 0.451 e. The van der Waals surface area contributed by atoms with Crippen LogP contribution in [0.15, 0.2) is 6.07 Å². The van der Waals surface area contributed by atoms with E-state index in [4.69, 9.17) is 11.6 Å². The second-order valence-electron chi connectivity index (χ2n) is 5.45. The molecule has 1 aromatic heterocycles. The van der Waals surface area contributed by atoms with Crippen molar-refractivity contribution < 1.29 is 13.2 Å². The molecule has 2 rings (SSSR count). The van der Waals surface area contributed by atoms with Crippen LogP contribution in [0.3, 0.4) is 0 Å². The van der Waals surface area contributed by atoms with Crippen LogP contribution in [0.25, 0.3) is 0 Å². The number of rotatable bonds is 4. The summed E-state index contributed by atoms with van der Waals surface area (Å²) in [6.07, 6.45) is 2.07. The molecule has 7 heteroatoms. The summed E-state index contributed by atoms with van der Waals surface area (Å²) < 4.78 is 38.1. The van der Waals surface area contributed by atoms with E-state index in [9.17, 15) is 13.2 Å². The molecule has 1 saturated carbocycles. The van der Waals surface area contributed by atoms with Crippen molar-refractivity contribution in [1.29, 1.82) is 0 Å². The Bertz CT molecular complexity index is 473. The molecule has 0 radical (unpaired) electrons. The fraction of sp³-hybridized carbons (Fsp3) is 0.714. The first-order valence-electron chi connectivity index (χ1n) is 7.28. The summed E-state index contributed by atoms with van der Waals surface area (Å²) in [5, 5.41) is 2.92. The van der Waals surface area contributed by atoms with Crippen LogP contribution in [-0.2, 0) is 6.18 Å². The number of nitrogens with zero attached hydrogens (tertiary/aromatic N) is 2. The van der Waals surface area contributed by atoms with Gasteiger partial charge < -0.3 is 5.32 Å². The maximum absolute atomic E-state index is 12.7. The fourth-order valence-electron chi connectivity index (χ4n) is 2.90. The minimum Gasteiger partial charge on any atom is -0.367 e. The van der Waals surface area contributed by atoms with Crippen molar-refractivity contribution in [2.45, 2.75) is 57.7 Å². The van der Waals surface area contributed by atoms with E-state index in [0.717, 1.165) is 19.3 Å². The monoisotopic (exact) mass is 321 g/mol. The molecule has 1 heterocycles. The molecule has 118 valence electrons. The number of nitrogens with one attached hydrogen (secondary N) is 1. The second-order valence-corrected chi connectivity index (χ2v) is 5.84. The Labute approximate surface area is 127 Å². The summed E-state index contributed by atoms with van der Waals surface area (Å²) in [6.45, 7) is 2.03. The molecule has 1 fully saturated rings. The van der Waals surface area contributed by atoms with Crippen LogP contribution in [0.4, 0.5) is 19.0 Å². The van der Waals surface area contributed by atoms with Crippen LogP contribution in [0.1, 0.15) is 51.3 Å². The molecule has 1 unspecified atom stereocenters. The molecule has 0 aliphatic heterocycles. The minimum atomic E-state index is -4.59. The topological polar surface area (TPSA) is 37.8 Å². The van der Waals surface area contributed by atoms with Crippen LogP contribution < -0.4 is 5.32 Å². The third kappa shape index (κ3) is 4.46. The van der Waals surface area contributed by atoms with Crippen LogP contribution in [-0.4, -0.2) is 16.0 Å². The van der Waals surface area contributed by atoms with Gasteiger partial charge in [-0.1, -0.05) is 37.8 Å². The van der Waals surface area contributed by atoms with Crippen molar-refractivity contribution >= 4 is 17.4 Å². The lowest BCUT2D eigenvalue weighted by Crippen LogP contribution is -2.30. The predicted octanol–water partition coefficient (Wildman–Crippen LogP) is 4.92. The molecule has 0 amide bonds. The van der Waals surface area contributed by atoms with Crippen LogP contribution >= 0.6 is 11.6 Å². The van der Waals surface area contributed by atoms with Gasteiger partial charge in [0.1, 0.15) is 11.0 Å². The molecule has 1 aromatic rings. The van der Waals surface area contributed by atoms with Crippen LogP contribution in [0, 0.1) is 5.92 Å². The van der Waals surface area contributed by atoms with Crippen molar-refractivity contribution in [2.75, 3.05) is 5.32 Å². The zero-order valence-corrected chi connectivity index (χ0v) is 12.6. The molecule has 1 N–H and O–H groups in total. The summed E-state index contributed by atoms with van der Waals surface area (Å²) in [5.74, 6) is -0.567. The van der Waals surface area contributed by atoms with Gasteiger partial charge in [-0.3, -0.25) is 0 Å². The van der Waals surface area contributed by atoms with Crippen molar-refractivity contribution in [1.82, 2.24) is 9.97 Å². The van der Waals surface area contributed by atoms with E-state index < -0.39 is 12.0 Å². The standard InChI is InChI=1S/C14H19ClF3N3/c1-2-10(9-6-4-3-5-7-9)19-12-8-11(15)20-13(21-12)14(16,17)18/h8-10H,2-7H2,1H3,(H,19,20,21). The molecule has 0 saturated heterocycles. The van der Waals surface area contributed by atoms with Crippen molar-refractivity contribution in [2.24, 2.45) is 5.92 Å². The van der Waals surface area contributed by atoms with Crippen molar-refractivity contribution in [3.63, 3.8) is 0 Å². The molecule has 3 nitrogen and oxygen atoms in total. The largest absolute Gasteiger partial charge is 0.451 e. The van der Waals surface area contributed by atoms with E-state index in [1.165, 1.54) is 25.3 Å². The lowest BCUT2D eigenvalue weighted by atomic mass is 9.83. The zero-order valence-electron chi connectivity index (χ0n) is 11.9. The highest BCUT2D eigenvalue weighted by atomic mass is 35.5. The number of alkyl halides is 3. The summed E-state index contributed by atoms with van der Waals surface area (Å²) in [5.41, 5.74) is 0. The Morgan fingerprint density at radius 2 is 1.95 bits per heavy atom. The van der Waals surface area contributed by atoms with E-state index >= 15 is 0 Å². The van der Waals surface area contributed by atoms with E-state index in [2.05, 4.69) is 15.3 Å². The number of hydrogen-bond acceptors (Lipinski definition) is 3. The SMILES string of the molecule is CCC(Nc1cc(Cl)nc(C(F)(F)F)n1)C1CCCCC1. The van der Waals surface area contributed by atoms with E-state index in [1.807, 2.05) is 6.92 Å². The summed E-state index contributed by atoms with van der Waals surface area (Å²) in [7, 11) is 0. The van der Waals surface area contributed by atoms with Crippen LogP contribution in [0.5, 0.6) is 0 Å². The number of hydrogen-bond donors (Lipinski definition) is 1. The van der Waals surface area contributed by atoms with Gasteiger partial charge in [0.25, 0.3) is 0 Å². The first-order chi connectivity index (χ1) is 9.90. The number of anilines is 1. The Hall–Kier alpha value is -1.04. The average molecular weight is 322 g/mol. The van der Waals surface area contributed by atoms with E-state index in [-0.39, 0.29) is 17.0 Å². The van der Waals surface area contributed by atoms with Crippen molar-refractivity contribution in [3.05, 3.63) is 17.0 Å². The molecule has 1 aliphatic rings. The van der Waals surface area contributed by atoms with E-state index in [1.54, 1.807) is 0 Å². The number of halogens is 4. The first kappa shape index (κ1) is 16.3. The predicted molar refractivity (Wildman–Crippen MR) is 76.3 cm³/mol. The molecular weight excluding hydrogens is 303 g/mol. The van der Waals surface area contributed by atoms with E-state index in [0.29, 0.717) is 5.92 Å². The van der Waals surface area contributed by atoms with Gasteiger partial charge in [-0.2, -0.15) is 13.2 Å². The molecule has 0 spiro atoms. The lowest BCUT2D eigenvalue weighted by Gasteiger charge is -2.30. The average Bonchev–Trinajstić information content (AvgIpc) is 2.44. The van der Waals surface area contributed by atoms with Gasteiger partial charge in [0, 0.05) is 12.1 Å². The van der Waals surface area contributed by atoms with Gasteiger partial charge >= 0.3 is 6.18 Å². The zero-order chi connectivity index (χ0) is 15.5. The van der Waals surface area contributed by atoms with Gasteiger partial charge in [0.15, 0.2) is 0 Å². The molecule has 1 aliphatic carbocycles. The normalized spacial score (nSPS) is 18.5. The molecule has 21 heavy (non-hydrogen) atoms. The highest BCUT2D eigenvalue weighted by Gasteiger charge is 2.35. The summed E-state index contributed by atoms with van der Waals surface area (Å²) in [6, 6.07) is 1.47. The lowest BCUT2D eigenvalue weighted by molar-refractivity contribution is -0.144. The maximum atomic E-state index is 12.7. The fourth-order valence-corrected chi connectivity index (χ4v) is 3.08. The van der Waals surface area contributed by atoms with Gasteiger partial charge in [0.05, 0.1) is 0 Å². The Morgan fingerprint density at radius 3 is 2.52 bits per heavy atom. The summed E-state index contributed by atoms with van der Waals surface area (Å²) >= 11 is 5.68. The quantitative estimate of drug-likeness (QED) is 0.800. The second kappa shape index (κ2) is 6.81. The molecular formula is C14H19ClF3N3. The minimum absolute atomic E-state index is 0.123. The Kier molecular flexibility index (Phi) is 5.30. The third-order valence-electron chi connectivity index (χ3n) is 3.94. The number of aromatic nitrogens is 2. The molecule has 0 bridgehead atoms. The van der Waals surface area contributed by atoms with Crippen LogP contribution in [0.2, 0.25) is 5.15 Å². The molecule has 0 aromatic carbocycles. The molecule has 1 atom stereocenters. The first-order valence-corrected chi connectivity index (χ1v) is 7.66. The highest BCUT2D eigenvalue weighted by molar-refractivity contribution is 6.29. The third-order valence-corrected chi connectivity index (χ3v) is 4.13. The van der Waals surface area contributed by atoms with Gasteiger partial charge in [-0.25, -0.2) is 9.97 Å². The highest BCUT2D eigenvalue weighted by Crippen LogP contribution is 2.31. The van der Waals surface area contributed by atoms with Gasteiger partial charge in [-0.15, -0.1) is 0 Å².